The summed E-state index contributed by atoms with van der Waals surface area (Å²) in [6, 6.07) is 0. The normalized spacial score (nSPS) is 4.56. The monoisotopic (exact) mass is 443 g/mol. The van der Waals surface area contributed by atoms with Crippen molar-refractivity contribution in [3.63, 3.8) is 0 Å². The van der Waals surface area contributed by atoms with Gasteiger partial charge in [0.2, 0.25) is 0 Å². The molecule has 0 saturated heterocycles. The van der Waals surface area contributed by atoms with Crippen molar-refractivity contribution in [1.82, 2.24) is 0 Å². The van der Waals surface area contributed by atoms with Gasteiger partial charge in [0.05, 0.1) is 18.5 Å². The molecule has 0 aromatic rings. The van der Waals surface area contributed by atoms with E-state index in [0.29, 0.717) is 0 Å². The summed E-state index contributed by atoms with van der Waals surface area (Å²) in [5.41, 5.74) is 0. The zero-order valence-electron chi connectivity index (χ0n) is 10.6. The second-order valence-corrected chi connectivity index (χ2v) is 5.43. The van der Waals surface area contributed by atoms with Gasteiger partial charge in [-0.25, -0.2) is 0 Å². The molecule has 100 valence electrons. The van der Waals surface area contributed by atoms with E-state index >= 15 is 0 Å². The van der Waals surface area contributed by atoms with Crippen LogP contribution in [-0.2, 0) is 44.3 Å². The summed E-state index contributed by atoms with van der Waals surface area (Å²) in [5, 5.41) is 0. The van der Waals surface area contributed by atoms with E-state index in [-0.39, 0.29) is 29.0 Å². The van der Waals surface area contributed by atoms with Crippen molar-refractivity contribution in [1.29, 1.82) is 0 Å². The fraction of sp³-hybridized carbons (Fsp3) is 0.545. The first kappa shape index (κ1) is 43.1. The van der Waals surface area contributed by atoms with Crippen molar-refractivity contribution >= 4 is 7.92 Å². The molecule has 0 N–H and O–H groups in total. The second kappa shape index (κ2) is 124. The van der Waals surface area contributed by atoms with E-state index in [9.17, 15) is 0 Å². The fourth-order valence-electron chi connectivity index (χ4n) is 0.750. The first-order chi connectivity index (χ1) is 8.35. The Morgan fingerprint density at radius 1 is 0.556 bits per heavy atom. The van der Waals surface area contributed by atoms with Gasteiger partial charge in [0.25, 0.3) is 0 Å². The third-order valence-corrected chi connectivity index (χ3v) is 4.50. The van der Waals surface area contributed by atoms with Crippen LogP contribution in [0.15, 0.2) is 0 Å². The predicted molar refractivity (Wildman–Crippen MR) is 59.6 cm³/mol. The molecule has 0 atom stereocenters. The van der Waals surface area contributed by atoms with Gasteiger partial charge >= 0.3 is 56.5 Å². The molecule has 0 aromatic heterocycles. The maximum atomic E-state index is 7.50. The Kier molecular flexibility index (Phi) is 297. The second-order valence-electron chi connectivity index (χ2n) is 1.81. The van der Waals surface area contributed by atoms with Gasteiger partial charge in [-0.05, 0) is 28.7 Å². The minimum atomic E-state index is 0. The number of rotatable bonds is 3. The molecule has 0 aliphatic heterocycles. The molecular formula is C11H16O5PW+. The molecule has 0 rings (SSSR count). The van der Waals surface area contributed by atoms with Crippen molar-refractivity contribution in [2.24, 2.45) is 0 Å². The number of hydrogen-bond acceptors (Lipinski definition) is 0. The molecule has 0 aliphatic rings. The summed E-state index contributed by atoms with van der Waals surface area (Å²) < 4.78 is 37.5. The Morgan fingerprint density at radius 2 is 0.667 bits per heavy atom. The van der Waals surface area contributed by atoms with Crippen LogP contribution in [0.25, 0.3) is 0 Å². The third-order valence-electron chi connectivity index (χ3n) is 1.50. The van der Waals surface area contributed by atoms with Crippen molar-refractivity contribution in [2.75, 3.05) is 18.5 Å². The SMILES string of the molecule is CC[PH+](CC)CC.[C-]#[O+].[C-]#[O+].[C-]#[O+].[C-]#[O+].[C-]#[O+].[W]. The average molecular weight is 443 g/mol. The molecule has 0 aliphatic carbocycles. The molecule has 7 heteroatoms. The van der Waals surface area contributed by atoms with E-state index in [4.69, 9.17) is 23.3 Å². The summed E-state index contributed by atoms with van der Waals surface area (Å²) >= 11 is 0. The van der Waals surface area contributed by atoms with Crippen LogP contribution >= 0.6 is 7.92 Å². The Balaban J connectivity index is -0.0000000189. The van der Waals surface area contributed by atoms with Gasteiger partial charge in [-0.2, -0.15) is 0 Å². The van der Waals surface area contributed by atoms with Gasteiger partial charge in [-0.15, -0.1) is 0 Å². The first-order valence-corrected chi connectivity index (χ1v) is 6.32. The summed E-state index contributed by atoms with van der Waals surface area (Å²) in [6.45, 7) is 29.4. The average Bonchev–Trinajstić information content (AvgIpc) is 2.51. The van der Waals surface area contributed by atoms with Crippen molar-refractivity contribution in [3.05, 3.63) is 33.3 Å². The zero-order chi connectivity index (χ0) is 15.7. The van der Waals surface area contributed by atoms with Crippen LogP contribution in [0, 0.1) is 33.3 Å². The summed E-state index contributed by atoms with van der Waals surface area (Å²) in [6.07, 6.45) is 4.37. The van der Waals surface area contributed by atoms with Crippen LogP contribution in [0.3, 0.4) is 0 Å². The summed E-state index contributed by atoms with van der Waals surface area (Å²) in [7, 11) is 0.137. The van der Waals surface area contributed by atoms with Gasteiger partial charge in [-0.1, -0.05) is 0 Å². The van der Waals surface area contributed by atoms with Crippen molar-refractivity contribution in [2.45, 2.75) is 20.8 Å². The molecule has 0 bridgehead atoms. The van der Waals surface area contributed by atoms with Crippen molar-refractivity contribution < 1.29 is 44.3 Å². The molecule has 0 heterocycles. The third kappa shape index (κ3) is 103. The van der Waals surface area contributed by atoms with Crippen LogP contribution in [0.2, 0.25) is 0 Å². The van der Waals surface area contributed by atoms with Gasteiger partial charge in [0, 0.05) is 21.1 Å². The first-order valence-electron chi connectivity index (χ1n) is 4.20. The van der Waals surface area contributed by atoms with E-state index in [0.717, 1.165) is 0 Å². The van der Waals surface area contributed by atoms with E-state index in [1.54, 1.807) is 0 Å². The van der Waals surface area contributed by atoms with E-state index in [1.807, 2.05) is 0 Å². The maximum absolute atomic E-state index is 7.50. The summed E-state index contributed by atoms with van der Waals surface area (Å²) in [5.74, 6) is 0. The summed E-state index contributed by atoms with van der Waals surface area (Å²) in [4.78, 5) is 0. The standard InChI is InChI=1S/C6H15P.5CO.W/c1-4-7(5-2)6-3;5*1-2;/h4-6H2,1-3H3;;;;;;/p+1. The maximum Gasteiger partial charge on any atom is 0 e. The van der Waals surface area contributed by atoms with Gasteiger partial charge < -0.3 is 0 Å². The van der Waals surface area contributed by atoms with Gasteiger partial charge in [0.1, 0.15) is 0 Å². The smallest absolute Gasteiger partial charge is 0 e. The predicted octanol–water partition coefficient (Wildman–Crippen LogP) is 2.07. The Morgan fingerprint density at radius 3 is 0.667 bits per heavy atom. The minimum absolute atomic E-state index is 0. The molecule has 0 fully saturated rings. The Hall–Kier alpha value is -0.182. The molecular weight excluding hydrogens is 427 g/mol. The van der Waals surface area contributed by atoms with Crippen LogP contribution in [0.4, 0.5) is 0 Å². The Bertz CT molecular complexity index is 142. The Labute approximate surface area is 125 Å². The van der Waals surface area contributed by atoms with Crippen molar-refractivity contribution in [3.8, 4) is 0 Å². The topological polar surface area (TPSA) is 99.5 Å². The number of hydrogen-bond donors (Lipinski definition) is 0. The molecule has 5 nitrogen and oxygen atoms in total. The van der Waals surface area contributed by atoms with Crippen LogP contribution < -0.4 is 0 Å². The van der Waals surface area contributed by atoms with E-state index < -0.39 is 0 Å². The molecule has 0 amide bonds. The molecule has 0 aromatic carbocycles. The quantitative estimate of drug-likeness (QED) is 0.363. The fourth-order valence-corrected chi connectivity index (χ4v) is 2.25. The van der Waals surface area contributed by atoms with Gasteiger partial charge in [-0.3, -0.25) is 0 Å². The van der Waals surface area contributed by atoms with Crippen LogP contribution in [0.5, 0.6) is 0 Å². The van der Waals surface area contributed by atoms with Crippen LogP contribution in [-0.4, -0.2) is 18.5 Å². The molecule has 0 radical (unpaired) electrons. The van der Waals surface area contributed by atoms with E-state index in [1.165, 1.54) is 18.5 Å². The zero-order valence-corrected chi connectivity index (χ0v) is 14.5. The van der Waals surface area contributed by atoms with Crippen LogP contribution in [0.1, 0.15) is 20.8 Å². The molecule has 0 saturated carbocycles. The minimum Gasteiger partial charge on any atom is 0 e. The molecule has 0 spiro atoms. The molecule has 18 heavy (non-hydrogen) atoms. The van der Waals surface area contributed by atoms with E-state index in [2.05, 4.69) is 54.0 Å². The molecule has 0 unspecified atom stereocenters. The largest absolute Gasteiger partial charge is 0 e. The van der Waals surface area contributed by atoms with Gasteiger partial charge in [0.15, 0.2) is 0 Å².